The van der Waals surface area contributed by atoms with Gasteiger partial charge < -0.3 is 0 Å². The molecule has 96 valence electrons. The van der Waals surface area contributed by atoms with Gasteiger partial charge in [0.1, 0.15) is 17.2 Å². The standard InChI is InChI=1S/C7H3ClF2O.C4H12N2/c8-7(11)6-4(9)2-1-3-5(6)10;1-4(2,3)6-5/h1-3H;6H,5H2,1-3H3. The predicted molar refractivity (Wildman–Crippen MR) is 63.6 cm³/mol. The molecule has 1 aromatic rings. The first-order valence-corrected chi connectivity index (χ1v) is 5.18. The van der Waals surface area contributed by atoms with E-state index in [1.807, 2.05) is 20.8 Å². The van der Waals surface area contributed by atoms with Crippen molar-refractivity contribution in [2.45, 2.75) is 26.3 Å². The molecule has 0 bridgehead atoms. The molecule has 0 heterocycles. The lowest BCUT2D eigenvalue weighted by Crippen LogP contribution is -2.41. The van der Waals surface area contributed by atoms with Gasteiger partial charge in [-0.1, -0.05) is 6.07 Å². The Morgan fingerprint density at radius 2 is 1.65 bits per heavy atom. The maximum atomic E-state index is 12.6. The topological polar surface area (TPSA) is 55.1 Å². The Morgan fingerprint density at radius 1 is 1.29 bits per heavy atom. The number of hydrogen-bond donors (Lipinski definition) is 2. The number of carbonyl (C=O) groups is 1. The second-order valence-electron chi connectivity index (χ2n) is 4.26. The summed E-state index contributed by atoms with van der Waals surface area (Å²) in [6.07, 6.45) is 0. The normalized spacial score (nSPS) is 10.5. The van der Waals surface area contributed by atoms with Crippen LogP contribution in [0.2, 0.25) is 0 Å². The molecule has 0 atom stereocenters. The number of nitrogens with two attached hydrogens (primary N) is 1. The average Bonchev–Trinajstić information content (AvgIpc) is 2.16. The third kappa shape index (κ3) is 6.31. The first-order chi connectivity index (χ1) is 7.69. The highest BCUT2D eigenvalue weighted by Gasteiger charge is 2.13. The molecule has 0 aliphatic rings. The van der Waals surface area contributed by atoms with Crippen molar-refractivity contribution in [3.63, 3.8) is 0 Å². The number of hydrazine groups is 1. The van der Waals surface area contributed by atoms with Crippen LogP contribution in [0.4, 0.5) is 8.78 Å². The Morgan fingerprint density at radius 3 is 1.82 bits per heavy atom. The van der Waals surface area contributed by atoms with Gasteiger partial charge in [0.2, 0.25) is 0 Å². The Hall–Kier alpha value is -1.04. The van der Waals surface area contributed by atoms with Crippen LogP contribution < -0.4 is 11.3 Å². The molecular weight excluding hydrogens is 250 g/mol. The molecule has 0 amide bonds. The third-order valence-electron chi connectivity index (χ3n) is 1.59. The monoisotopic (exact) mass is 264 g/mol. The van der Waals surface area contributed by atoms with E-state index in [-0.39, 0.29) is 5.54 Å². The number of halogens is 3. The van der Waals surface area contributed by atoms with Crippen LogP contribution in [0.5, 0.6) is 0 Å². The van der Waals surface area contributed by atoms with E-state index in [9.17, 15) is 13.6 Å². The molecule has 0 aliphatic carbocycles. The zero-order valence-corrected chi connectivity index (χ0v) is 10.6. The van der Waals surface area contributed by atoms with Gasteiger partial charge in [-0.3, -0.25) is 16.1 Å². The summed E-state index contributed by atoms with van der Waals surface area (Å²) in [6, 6.07) is 3.10. The number of carbonyl (C=O) groups excluding carboxylic acids is 1. The van der Waals surface area contributed by atoms with Gasteiger partial charge in [0.25, 0.3) is 5.24 Å². The zero-order valence-electron chi connectivity index (χ0n) is 9.85. The summed E-state index contributed by atoms with van der Waals surface area (Å²) in [5.41, 5.74) is 1.97. The maximum absolute atomic E-state index is 12.6. The summed E-state index contributed by atoms with van der Waals surface area (Å²) < 4.78 is 25.1. The highest BCUT2D eigenvalue weighted by Crippen LogP contribution is 2.13. The molecule has 1 aromatic carbocycles. The van der Waals surface area contributed by atoms with Gasteiger partial charge in [-0.2, -0.15) is 0 Å². The maximum Gasteiger partial charge on any atom is 0.258 e. The van der Waals surface area contributed by atoms with Crippen molar-refractivity contribution in [1.29, 1.82) is 0 Å². The molecule has 3 nitrogen and oxygen atoms in total. The van der Waals surface area contributed by atoms with Crippen molar-refractivity contribution in [2.24, 2.45) is 5.84 Å². The smallest absolute Gasteiger partial charge is 0.258 e. The summed E-state index contributed by atoms with van der Waals surface area (Å²) in [7, 11) is 0. The van der Waals surface area contributed by atoms with E-state index in [1.54, 1.807) is 0 Å². The molecule has 1 rings (SSSR count). The lowest BCUT2D eigenvalue weighted by atomic mass is 10.1. The van der Waals surface area contributed by atoms with E-state index in [1.165, 1.54) is 0 Å². The van der Waals surface area contributed by atoms with Crippen LogP contribution in [0.1, 0.15) is 31.1 Å². The second-order valence-corrected chi connectivity index (χ2v) is 4.61. The van der Waals surface area contributed by atoms with Crippen LogP contribution in [0.15, 0.2) is 18.2 Å². The minimum absolute atomic E-state index is 0.0694. The molecule has 0 unspecified atom stereocenters. The molecule has 17 heavy (non-hydrogen) atoms. The van der Waals surface area contributed by atoms with Crippen LogP contribution in [0, 0.1) is 11.6 Å². The van der Waals surface area contributed by atoms with Gasteiger partial charge in [-0.15, -0.1) is 0 Å². The van der Waals surface area contributed by atoms with Gasteiger partial charge in [0.15, 0.2) is 0 Å². The van der Waals surface area contributed by atoms with Gasteiger partial charge in [0.05, 0.1) is 0 Å². The molecule has 0 spiro atoms. The highest BCUT2D eigenvalue weighted by molar-refractivity contribution is 6.67. The average molecular weight is 265 g/mol. The van der Waals surface area contributed by atoms with Crippen molar-refractivity contribution in [3.05, 3.63) is 35.4 Å². The molecule has 0 radical (unpaired) electrons. The molecule has 6 heteroatoms. The molecule has 0 aromatic heterocycles. The summed E-state index contributed by atoms with van der Waals surface area (Å²) in [6.45, 7) is 6.02. The Bertz CT molecular complexity index is 371. The molecule has 0 aliphatic heterocycles. The highest BCUT2D eigenvalue weighted by atomic mass is 35.5. The lowest BCUT2D eigenvalue weighted by molar-refractivity contribution is 0.107. The van der Waals surface area contributed by atoms with E-state index < -0.39 is 22.4 Å². The molecule has 0 saturated carbocycles. The van der Waals surface area contributed by atoms with E-state index in [2.05, 4.69) is 5.43 Å². The summed E-state index contributed by atoms with van der Waals surface area (Å²) in [5, 5.41) is -1.12. The molecule has 0 fully saturated rings. The van der Waals surface area contributed by atoms with Crippen molar-refractivity contribution in [3.8, 4) is 0 Å². The van der Waals surface area contributed by atoms with Crippen molar-refractivity contribution >= 4 is 16.8 Å². The van der Waals surface area contributed by atoms with Gasteiger partial charge in [-0.05, 0) is 44.5 Å². The van der Waals surface area contributed by atoms with Gasteiger partial charge >= 0.3 is 0 Å². The number of rotatable bonds is 1. The minimum atomic E-state index is -1.12. The molecule has 0 saturated heterocycles. The van der Waals surface area contributed by atoms with E-state index in [4.69, 9.17) is 17.4 Å². The summed E-state index contributed by atoms with van der Waals surface area (Å²) >= 11 is 4.89. The number of nitrogens with one attached hydrogen (secondary N) is 1. The largest absolute Gasteiger partial charge is 0.275 e. The quantitative estimate of drug-likeness (QED) is 0.466. The van der Waals surface area contributed by atoms with Crippen LogP contribution in [0.3, 0.4) is 0 Å². The van der Waals surface area contributed by atoms with Crippen LogP contribution in [0.25, 0.3) is 0 Å². The van der Waals surface area contributed by atoms with Crippen LogP contribution in [-0.4, -0.2) is 10.8 Å². The SMILES string of the molecule is CC(C)(C)NN.O=C(Cl)c1c(F)cccc1F. The van der Waals surface area contributed by atoms with E-state index in [0.29, 0.717) is 0 Å². The fourth-order valence-electron chi connectivity index (χ4n) is 0.686. The third-order valence-corrected chi connectivity index (χ3v) is 1.78. The Kier molecular flexibility index (Phi) is 6.23. The predicted octanol–water partition coefficient (Wildman–Crippen LogP) is 2.59. The summed E-state index contributed by atoms with van der Waals surface area (Å²) in [4.78, 5) is 10.4. The van der Waals surface area contributed by atoms with Crippen molar-refractivity contribution in [1.82, 2.24) is 5.43 Å². The lowest BCUT2D eigenvalue weighted by Gasteiger charge is -2.14. The van der Waals surface area contributed by atoms with Crippen molar-refractivity contribution < 1.29 is 13.6 Å². The first kappa shape index (κ1) is 16.0. The Labute approximate surface area is 104 Å². The van der Waals surface area contributed by atoms with E-state index >= 15 is 0 Å². The first-order valence-electron chi connectivity index (χ1n) is 4.80. The second kappa shape index (κ2) is 6.64. The fourth-order valence-corrected chi connectivity index (χ4v) is 0.866. The van der Waals surface area contributed by atoms with Gasteiger partial charge in [-0.25, -0.2) is 8.78 Å². The minimum Gasteiger partial charge on any atom is -0.275 e. The molecular formula is C11H15ClF2N2O. The number of hydrogen-bond acceptors (Lipinski definition) is 3. The number of benzene rings is 1. The zero-order chi connectivity index (χ0) is 13.6. The van der Waals surface area contributed by atoms with Crippen LogP contribution in [-0.2, 0) is 0 Å². The fraction of sp³-hybridized carbons (Fsp3) is 0.364. The summed E-state index contributed by atoms with van der Waals surface area (Å²) in [5.74, 6) is 3.18. The van der Waals surface area contributed by atoms with E-state index in [0.717, 1.165) is 18.2 Å². The molecule has 3 N–H and O–H groups in total. The van der Waals surface area contributed by atoms with Crippen molar-refractivity contribution in [2.75, 3.05) is 0 Å². The van der Waals surface area contributed by atoms with Gasteiger partial charge in [0, 0.05) is 5.54 Å². The Balaban J connectivity index is 0.000000366. The van der Waals surface area contributed by atoms with Crippen LogP contribution >= 0.6 is 11.6 Å².